The van der Waals surface area contributed by atoms with Crippen LogP contribution in [0, 0.1) is 6.92 Å². The Bertz CT molecular complexity index is 1700. The molecule has 11 heteroatoms. The van der Waals surface area contributed by atoms with Gasteiger partial charge in [0.2, 0.25) is 0 Å². The molecule has 10 nitrogen and oxygen atoms in total. The van der Waals surface area contributed by atoms with Crippen molar-refractivity contribution in [2.45, 2.75) is 32.9 Å². The van der Waals surface area contributed by atoms with E-state index in [1.807, 2.05) is 19.9 Å². The maximum Gasteiger partial charge on any atom is 0.337 e. The zero-order chi connectivity index (χ0) is 28.0. The molecule has 1 amide bonds. The number of carbonyl (C=O) groups is 2. The summed E-state index contributed by atoms with van der Waals surface area (Å²) in [5.74, 6) is -0.0101. The maximum absolute atomic E-state index is 13.7. The molecule has 1 aliphatic rings. The molecule has 1 aliphatic heterocycles. The molecule has 0 bridgehead atoms. The highest BCUT2D eigenvalue weighted by Gasteiger charge is 2.36. The van der Waals surface area contributed by atoms with E-state index in [-0.39, 0.29) is 46.5 Å². The summed E-state index contributed by atoms with van der Waals surface area (Å²) in [7, 11) is 1.44. The Morgan fingerprint density at radius 2 is 1.87 bits per heavy atom. The first kappa shape index (κ1) is 26.1. The van der Waals surface area contributed by atoms with Gasteiger partial charge in [0.25, 0.3) is 16.8 Å². The third-order valence-electron chi connectivity index (χ3n) is 6.76. The van der Waals surface area contributed by atoms with Crippen LogP contribution in [0.2, 0.25) is 5.02 Å². The van der Waals surface area contributed by atoms with E-state index in [0.717, 1.165) is 5.76 Å². The second kappa shape index (κ2) is 9.95. The number of amides is 1. The number of aryl methyl sites for hydroxylation is 1. The third-order valence-corrected chi connectivity index (χ3v) is 7.11. The Hall–Kier alpha value is -4.57. The number of carboxylic acid groups (broad SMARTS) is 1. The molecule has 3 aromatic carbocycles. The molecule has 0 saturated carbocycles. The molecule has 0 saturated heterocycles. The van der Waals surface area contributed by atoms with Gasteiger partial charge in [-0.1, -0.05) is 18.5 Å². The molecule has 2 heterocycles. The molecule has 39 heavy (non-hydrogen) atoms. The highest BCUT2D eigenvalue weighted by molar-refractivity contribution is 6.33. The Balaban J connectivity index is 1.50. The van der Waals surface area contributed by atoms with Gasteiger partial charge < -0.3 is 29.8 Å². The van der Waals surface area contributed by atoms with E-state index in [9.17, 15) is 24.3 Å². The van der Waals surface area contributed by atoms with Crippen LogP contribution in [0.15, 0.2) is 56.5 Å². The quantitative estimate of drug-likeness (QED) is 0.246. The van der Waals surface area contributed by atoms with Crippen molar-refractivity contribution >= 4 is 46.2 Å². The summed E-state index contributed by atoms with van der Waals surface area (Å²) >= 11 is 6.44. The lowest BCUT2D eigenvalue weighted by Gasteiger charge is -2.21. The van der Waals surface area contributed by atoms with Gasteiger partial charge >= 0.3 is 5.97 Å². The van der Waals surface area contributed by atoms with Crippen molar-refractivity contribution in [3.63, 3.8) is 0 Å². The molecular formula is C28H24ClN3O7. The number of hydrogen-bond donors (Lipinski definition) is 3. The minimum absolute atomic E-state index is 0.00273. The van der Waals surface area contributed by atoms with Crippen LogP contribution in [0.3, 0.4) is 0 Å². The zero-order valence-corrected chi connectivity index (χ0v) is 22.0. The number of benzene rings is 2. The van der Waals surface area contributed by atoms with E-state index < -0.39 is 22.7 Å². The lowest BCUT2D eigenvalue weighted by atomic mass is 10.1. The van der Waals surface area contributed by atoms with Crippen LogP contribution in [0.1, 0.15) is 57.2 Å². The number of methoxy groups -OCH3 is 1. The molecule has 0 spiro atoms. The molecule has 1 aromatic heterocycles. The van der Waals surface area contributed by atoms with Crippen LogP contribution in [0.25, 0.3) is 0 Å². The molecule has 3 N–H and O–H groups in total. The third kappa shape index (κ3) is 4.42. The minimum atomic E-state index is -1.21. The lowest BCUT2D eigenvalue weighted by molar-refractivity contribution is 0.0697. The van der Waals surface area contributed by atoms with Crippen molar-refractivity contribution in [1.29, 1.82) is 0 Å². The molecule has 0 unspecified atom stereocenters. The summed E-state index contributed by atoms with van der Waals surface area (Å²) in [6, 6.07) is 10.7. The van der Waals surface area contributed by atoms with E-state index in [1.54, 1.807) is 18.2 Å². The fourth-order valence-corrected chi connectivity index (χ4v) is 4.92. The van der Waals surface area contributed by atoms with Crippen LogP contribution in [0.4, 0.5) is 22.7 Å². The maximum atomic E-state index is 13.7. The van der Waals surface area contributed by atoms with Crippen molar-refractivity contribution in [3.8, 4) is 5.75 Å². The number of hydrogen-bond acceptors (Lipinski definition) is 8. The number of carbonyl (C=O) groups excluding carboxylic acids is 1. The van der Waals surface area contributed by atoms with Crippen LogP contribution < -0.4 is 31.1 Å². The van der Waals surface area contributed by atoms with Crippen molar-refractivity contribution < 1.29 is 23.8 Å². The summed E-state index contributed by atoms with van der Waals surface area (Å²) < 4.78 is 10.9. The van der Waals surface area contributed by atoms with E-state index in [4.69, 9.17) is 20.8 Å². The monoisotopic (exact) mass is 549 g/mol. The summed E-state index contributed by atoms with van der Waals surface area (Å²) in [5.41, 5.74) is -0.353. The second-order valence-corrected chi connectivity index (χ2v) is 9.52. The van der Waals surface area contributed by atoms with Crippen LogP contribution in [-0.2, 0) is 6.54 Å². The summed E-state index contributed by atoms with van der Waals surface area (Å²) in [6.07, 6.45) is 0.585. The number of aromatic carboxylic acids is 1. The van der Waals surface area contributed by atoms with Gasteiger partial charge in [-0.2, -0.15) is 0 Å². The molecule has 4 aromatic rings. The van der Waals surface area contributed by atoms with Gasteiger partial charge in [-0.15, -0.1) is 0 Å². The largest absolute Gasteiger partial charge is 0.497 e. The molecule has 1 atom stereocenters. The normalized spacial score (nSPS) is 13.4. The Morgan fingerprint density at radius 3 is 2.51 bits per heavy atom. The van der Waals surface area contributed by atoms with Crippen LogP contribution in [-0.4, -0.2) is 24.1 Å². The predicted octanol–water partition coefficient (Wildman–Crippen LogP) is 5.01. The highest BCUT2D eigenvalue weighted by Crippen LogP contribution is 2.40. The Kier molecular flexibility index (Phi) is 6.65. The number of furan rings is 1. The van der Waals surface area contributed by atoms with Gasteiger partial charge in [0.1, 0.15) is 28.6 Å². The Morgan fingerprint density at radius 1 is 1.13 bits per heavy atom. The Labute approximate surface area is 227 Å². The number of carboxylic acids is 1. The second-order valence-electron chi connectivity index (χ2n) is 9.11. The average Bonchev–Trinajstić information content (AvgIpc) is 3.52. The standard InChI is InChI=1S/C28H24ClN3O7/c1-4-18(21-10-5-13(2)39-21)30-23-24(26(34)25(23)33)31-19-9-8-17(29)16-12-32(27(35)22(16)19)20-11-14(38-3)6-7-15(20)28(36)37/h5-11,18,30-31H,4,12H2,1-3H3,(H,36,37)/t18-/m1/s1. The van der Waals surface area contributed by atoms with Crippen LogP contribution in [0.5, 0.6) is 5.75 Å². The van der Waals surface area contributed by atoms with Gasteiger partial charge in [-0.3, -0.25) is 14.4 Å². The molecular weight excluding hydrogens is 526 g/mol. The number of halogens is 1. The molecule has 0 radical (unpaired) electrons. The van der Waals surface area contributed by atoms with Gasteiger partial charge in [-0.05, 0) is 49.7 Å². The van der Waals surface area contributed by atoms with E-state index in [1.165, 1.54) is 30.2 Å². The van der Waals surface area contributed by atoms with Crippen molar-refractivity contribution in [2.24, 2.45) is 0 Å². The van der Waals surface area contributed by atoms with E-state index >= 15 is 0 Å². The number of anilines is 4. The average molecular weight is 550 g/mol. The fraction of sp³-hybridized carbons (Fsp3) is 0.214. The van der Waals surface area contributed by atoms with E-state index in [2.05, 4.69) is 10.6 Å². The predicted molar refractivity (Wildman–Crippen MR) is 147 cm³/mol. The number of ether oxygens (including phenoxy) is 1. The number of rotatable bonds is 9. The van der Waals surface area contributed by atoms with Crippen molar-refractivity contribution in [1.82, 2.24) is 0 Å². The topological polar surface area (TPSA) is 138 Å². The van der Waals surface area contributed by atoms with E-state index in [0.29, 0.717) is 28.5 Å². The molecule has 0 fully saturated rings. The summed E-state index contributed by atoms with van der Waals surface area (Å²) in [4.78, 5) is 51.9. The first-order valence-electron chi connectivity index (χ1n) is 12.1. The first-order valence-corrected chi connectivity index (χ1v) is 12.5. The SMILES string of the molecule is CC[C@@H](Nc1c(Nc2ccc(Cl)c3c2C(=O)N(c2cc(OC)ccc2C(=O)O)C3)c(=O)c1=O)c1ccc(C)o1. The first-order chi connectivity index (χ1) is 18.6. The van der Waals surface area contributed by atoms with Gasteiger partial charge in [0.05, 0.1) is 42.2 Å². The molecule has 200 valence electrons. The number of fused-ring (bicyclic) bond motifs is 1. The summed E-state index contributed by atoms with van der Waals surface area (Å²) in [6.45, 7) is 3.73. The zero-order valence-electron chi connectivity index (χ0n) is 21.3. The molecule has 5 rings (SSSR count). The van der Waals surface area contributed by atoms with Crippen LogP contribution >= 0.6 is 11.6 Å². The van der Waals surface area contributed by atoms with Crippen molar-refractivity contribution in [2.75, 3.05) is 22.6 Å². The number of nitrogens with zero attached hydrogens (tertiary/aromatic N) is 1. The highest BCUT2D eigenvalue weighted by atomic mass is 35.5. The van der Waals surface area contributed by atoms with Gasteiger partial charge in [0, 0.05) is 16.7 Å². The smallest absolute Gasteiger partial charge is 0.337 e. The van der Waals surface area contributed by atoms with Gasteiger partial charge in [-0.25, -0.2) is 4.79 Å². The fourth-order valence-electron chi connectivity index (χ4n) is 4.70. The number of nitrogens with one attached hydrogen (secondary N) is 2. The lowest BCUT2D eigenvalue weighted by Crippen LogP contribution is -2.37. The minimum Gasteiger partial charge on any atom is -0.497 e. The summed E-state index contributed by atoms with van der Waals surface area (Å²) in [5, 5.41) is 16.1. The van der Waals surface area contributed by atoms with Crippen molar-refractivity contribution in [3.05, 3.63) is 96.1 Å². The van der Waals surface area contributed by atoms with Gasteiger partial charge in [0.15, 0.2) is 0 Å². The molecule has 0 aliphatic carbocycles.